The maximum atomic E-state index is 12.5. The molecule has 0 aliphatic carbocycles. The summed E-state index contributed by atoms with van der Waals surface area (Å²) in [5, 5.41) is 2.40. The molecule has 0 aromatic heterocycles. The lowest BCUT2D eigenvalue weighted by Gasteiger charge is -2.16. The van der Waals surface area contributed by atoms with Gasteiger partial charge in [-0.1, -0.05) is 12.1 Å². The van der Waals surface area contributed by atoms with Crippen LogP contribution in [-0.2, 0) is 4.79 Å². The highest BCUT2D eigenvalue weighted by Crippen LogP contribution is 2.34. The lowest BCUT2D eigenvalue weighted by atomic mass is 10.0. The Morgan fingerprint density at radius 2 is 2.12 bits per heavy atom. The second kappa shape index (κ2) is 5.40. The minimum atomic E-state index is -4.30. The predicted molar refractivity (Wildman–Crippen MR) is 60.3 cm³/mol. The molecule has 0 spiro atoms. The van der Waals surface area contributed by atoms with Gasteiger partial charge in [-0.05, 0) is 24.6 Å². The topological polar surface area (TPSA) is 29.1 Å². The van der Waals surface area contributed by atoms with Gasteiger partial charge in [0, 0.05) is 5.69 Å². The molecule has 0 saturated heterocycles. The minimum Gasteiger partial charge on any atom is -0.325 e. The minimum absolute atomic E-state index is 0.102. The van der Waals surface area contributed by atoms with Crippen LogP contribution in [0.25, 0.3) is 0 Å². The average Bonchev–Trinajstić information content (AvgIpc) is 2.27. The van der Waals surface area contributed by atoms with Crippen LogP contribution in [0.2, 0.25) is 0 Å². The number of alkyl halides is 4. The van der Waals surface area contributed by atoms with E-state index in [9.17, 15) is 18.0 Å². The first-order valence-corrected chi connectivity index (χ1v) is 5.40. The third-order valence-electron chi connectivity index (χ3n) is 2.28. The Balaban J connectivity index is 2.89. The van der Waals surface area contributed by atoms with Crippen molar-refractivity contribution < 1.29 is 18.0 Å². The van der Waals surface area contributed by atoms with Crippen LogP contribution in [0, 0.1) is 0 Å². The van der Waals surface area contributed by atoms with Gasteiger partial charge >= 0.3 is 6.18 Å². The number of anilines is 1. The van der Waals surface area contributed by atoms with Gasteiger partial charge in [0.25, 0.3) is 0 Å². The molecule has 0 aliphatic rings. The number of nitrogens with one attached hydrogen (secondary N) is 1. The van der Waals surface area contributed by atoms with Crippen molar-refractivity contribution in [2.75, 3.05) is 11.2 Å². The first-order chi connectivity index (χ1) is 7.84. The van der Waals surface area contributed by atoms with Gasteiger partial charge in [-0.25, -0.2) is 0 Å². The Morgan fingerprint density at radius 3 is 2.65 bits per heavy atom. The number of carbonyl (C=O) groups excluding carboxylic acids is 1. The first-order valence-electron chi connectivity index (χ1n) is 4.87. The summed E-state index contributed by atoms with van der Waals surface area (Å²) in [6.07, 6.45) is -4.30. The quantitative estimate of drug-likeness (QED) is 0.833. The zero-order chi connectivity index (χ0) is 13.1. The fourth-order valence-corrected chi connectivity index (χ4v) is 1.34. The van der Waals surface area contributed by atoms with Crippen LogP contribution in [0.1, 0.15) is 18.4 Å². The van der Waals surface area contributed by atoms with Gasteiger partial charge < -0.3 is 5.32 Å². The van der Waals surface area contributed by atoms with Crippen LogP contribution < -0.4 is 5.32 Å². The van der Waals surface area contributed by atoms with Gasteiger partial charge in [-0.2, -0.15) is 13.2 Å². The monoisotopic (exact) mass is 265 g/mol. The van der Waals surface area contributed by atoms with E-state index in [-0.39, 0.29) is 11.4 Å². The normalized spacial score (nSPS) is 13.2. The van der Waals surface area contributed by atoms with Gasteiger partial charge in [-0.15, -0.1) is 11.6 Å². The van der Waals surface area contributed by atoms with E-state index in [0.717, 1.165) is 6.92 Å². The molecule has 0 bridgehead atoms. The lowest BCUT2D eigenvalue weighted by Crippen LogP contribution is -2.18. The van der Waals surface area contributed by atoms with E-state index < -0.39 is 18.0 Å². The third kappa shape index (κ3) is 3.93. The summed E-state index contributed by atoms with van der Waals surface area (Å²) in [4.78, 5) is 11.0. The number of halogens is 4. The van der Waals surface area contributed by atoms with E-state index >= 15 is 0 Å². The molecule has 94 valence electrons. The largest absolute Gasteiger partial charge is 0.395 e. The standard InChI is InChI=1S/C11H11ClF3NO/c1-7(11(13,14)15)8-3-2-4-9(5-8)16-10(17)6-12/h2-5,7H,6H2,1H3,(H,16,17). The molecule has 0 fully saturated rings. The van der Waals surface area contributed by atoms with E-state index in [0.29, 0.717) is 5.69 Å². The Labute approximate surface area is 102 Å². The smallest absolute Gasteiger partial charge is 0.325 e. The van der Waals surface area contributed by atoms with E-state index in [1.54, 1.807) is 0 Å². The van der Waals surface area contributed by atoms with Crippen molar-refractivity contribution >= 4 is 23.2 Å². The summed E-state index contributed by atoms with van der Waals surface area (Å²) < 4.78 is 37.5. The number of hydrogen-bond donors (Lipinski definition) is 1. The molecule has 1 N–H and O–H groups in total. The van der Waals surface area contributed by atoms with Crippen LogP contribution in [0.15, 0.2) is 24.3 Å². The molecule has 1 unspecified atom stereocenters. The molecule has 0 heterocycles. The zero-order valence-electron chi connectivity index (χ0n) is 9.01. The van der Waals surface area contributed by atoms with Gasteiger partial charge in [0.2, 0.25) is 5.91 Å². The van der Waals surface area contributed by atoms with Crippen molar-refractivity contribution in [3.05, 3.63) is 29.8 Å². The third-order valence-corrected chi connectivity index (χ3v) is 2.53. The van der Waals surface area contributed by atoms with Crippen LogP contribution >= 0.6 is 11.6 Å². The molecule has 1 amide bonds. The molecule has 17 heavy (non-hydrogen) atoms. The second-order valence-electron chi connectivity index (χ2n) is 3.57. The van der Waals surface area contributed by atoms with E-state index in [1.807, 2.05) is 0 Å². The van der Waals surface area contributed by atoms with E-state index in [2.05, 4.69) is 5.32 Å². The number of hydrogen-bond acceptors (Lipinski definition) is 1. The van der Waals surface area contributed by atoms with Crippen LogP contribution in [-0.4, -0.2) is 18.0 Å². The van der Waals surface area contributed by atoms with Gasteiger partial charge in [-0.3, -0.25) is 4.79 Å². The number of carbonyl (C=O) groups is 1. The van der Waals surface area contributed by atoms with Crippen molar-refractivity contribution in [2.24, 2.45) is 0 Å². The maximum Gasteiger partial charge on any atom is 0.395 e. The van der Waals surface area contributed by atoms with Crippen molar-refractivity contribution in [3.8, 4) is 0 Å². The van der Waals surface area contributed by atoms with Gasteiger partial charge in [0.1, 0.15) is 5.88 Å². The van der Waals surface area contributed by atoms with Crippen molar-refractivity contribution in [3.63, 3.8) is 0 Å². The zero-order valence-corrected chi connectivity index (χ0v) is 9.77. The Bertz CT molecular complexity index is 406. The van der Waals surface area contributed by atoms with E-state index in [4.69, 9.17) is 11.6 Å². The highest BCUT2D eigenvalue weighted by Gasteiger charge is 2.36. The molecule has 0 aliphatic heterocycles. The fourth-order valence-electron chi connectivity index (χ4n) is 1.27. The molecule has 1 aromatic carbocycles. The predicted octanol–water partition coefficient (Wildman–Crippen LogP) is 3.53. The number of rotatable bonds is 3. The molecule has 0 saturated carbocycles. The van der Waals surface area contributed by atoms with Crippen molar-refractivity contribution in [1.82, 2.24) is 0 Å². The summed E-state index contributed by atoms with van der Waals surface area (Å²) in [5.74, 6) is -2.27. The highest BCUT2D eigenvalue weighted by atomic mass is 35.5. The number of benzene rings is 1. The molecule has 6 heteroatoms. The summed E-state index contributed by atoms with van der Waals surface area (Å²) in [7, 11) is 0. The van der Waals surface area contributed by atoms with Crippen LogP contribution in [0.5, 0.6) is 0 Å². The van der Waals surface area contributed by atoms with Gasteiger partial charge in [0.15, 0.2) is 0 Å². The molecule has 1 rings (SSSR count). The Kier molecular flexibility index (Phi) is 4.40. The molecular weight excluding hydrogens is 255 g/mol. The summed E-state index contributed by atoms with van der Waals surface area (Å²) in [6, 6.07) is 5.63. The summed E-state index contributed by atoms with van der Waals surface area (Å²) >= 11 is 5.28. The SMILES string of the molecule is CC(c1cccc(NC(=O)CCl)c1)C(F)(F)F. The molecular formula is C11H11ClF3NO. The molecule has 1 atom stereocenters. The van der Waals surface area contributed by atoms with Crippen molar-refractivity contribution in [1.29, 1.82) is 0 Å². The molecule has 1 aromatic rings. The number of amides is 1. The Hall–Kier alpha value is -1.23. The molecule has 0 radical (unpaired) electrons. The lowest BCUT2D eigenvalue weighted by molar-refractivity contribution is -0.146. The Morgan fingerprint density at radius 1 is 1.47 bits per heavy atom. The van der Waals surface area contributed by atoms with Gasteiger partial charge in [0.05, 0.1) is 5.92 Å². The van der Waals surface area contributed by atoms with E-state index in [1.165, 1.54) is 24.3 Å². The highest BCUT2D eigenvalue weighted by molar-refractivity contribution is 6.29. The summed E-state index contributed by atoms with van der Waals surface area (Å²) in [6.45, 7) is 1.07. The summed E-state index contributed by atoms with van der Waals surface area (Å²) in [5.41, 5.74) is 0.411. The maximum absolute atomic E-state index is 12.5. The van der Waals surface area contributed by atoms with Crippen LogP contribution in [0.4, 0.5) is 18.9 Å². The van der Waals surface area contributed by atoms with Crippen LogP contribution in [0.3, 0.4) is 0 Å². The molecule has 2 nitrogen and oxygen atoms in total. The fraction of sp³-hybridized carbons (Fsp3) is 0.364. The second-order valence-corrected chi connectivity index (χ2v) is 3.84. The van der Waals surface area contributed by atoms with Crippen molar-refractivity contribution in [2.45, 2.75) is 19.0 Å². The first kappa shape index (κ1) is 13.8. The average molecular weight is 266 g/mol.